The fraction of sp³-hybridized carbons (Fsp3) is 0.636. The molecule has 4 nitrogen and oxygen atoms in total. The van der Waals surface area contributed by atoms with Gasteiger partial charge in [-0.25, -0.2) is 9.97 Å². The van der Waals surface area contributed by atoms with Gasteiger partial charge in [0.1, 0.15) is 12.1 Å². The molecule has 0 bridgehead atoms. The van der Waals surface area contributed by atoms with Crippen LogP contribution in [0.4, 0.5) is 10.2 Å². The Morgan fingerprint density at radius 2 is 2.25 bits per heavy atom. The van der Waals surface area contributed by atoms with Crippen LogP contribution in [0.1, 0.15) is 20.8 Å². The van der Waals surface area contributed by atoms with Crippen LogP contribution in [0.2, 0.25) is 0 Å². The van der Waals surface area contributed by atoms with Crippen molar-refractivity contribution in [3.8, 4) is 0 Å². The summed E-state index contributed by atoms with van der Waals surface area (Å²) in [6.07, 6.45) is 1.36. The van der Waals surface area contributed by atoms with Gasteiger partial charge in [-0.15, -0.1) is 0 Å². The number of morpholine rings is 1. The monoisotopic (exact) mass is 225 g/mol. The molecule has 0 radical (unpaired) electrons. The lowest BCUT2D eigenvalue weighted by molar-refractivity contribution is -0.0751. The third-order valence-electron chi connectivity index (χ3n) is 2.51. The second-order valence-corrected chi connectivity index (χ2v) is 4.77. The molecule has 16 heavy (non-hydrogen) atoms. The summed E-state index contributed by atoms with van der Waals surface area (Å²) in [4.78, 5) is 9.56. The summed E-state index contributed by atoms with van der Waals surface area (Å²) in [6.45, 7) is 7.47. The quantitative estimate of drug-likeness (QED) is 0.681. The molecule has 0 N–H and O–H groups in total. The summed E-state index contributed by atoms with van der Waals surface area (Å²) in [7, 11) is 0. The van der Waals surface area contributed by atoms with Gasteiger partial charge < -0.3 is 9.64 Å². The average molecular weight is 225 g/mol. The SMILES string of the molecule is CC1CN(c2cc(F)ncn2)CC(C)(C)O1. The number of hydrogen-bond acceptors (Lipinski definition) is 4. The first-order valence-corrected chi connectivity index (χ1v) is 5.36. The largest absolute Gasteiger partial charge is 0.369 e. The van der Waals surface area contributed by atoms with Crippen LogP contribution in [0, 0.1) is 5.95 Å². The van der Waals surface area contributed by atoms with Crippen LogP contribution < -0.4 is 4.90 Å². The van der Waals surface area contributed by atoms with Crippen LogP contribution >= 0.6 is 0 Å². The maximum absolute atomic E-state index is 13.0. The number of hydrogen-bond donors (Lipinski definition) is 0. The van der Waals surface area contributed by atoms with Gasteiger partial charge in [0.2, 0.25) is 5.95 Å². The highest BCUT2D eigenvalue weighted by molar-refractivity contribution is 5.38. The summed E-state index contributed by atoms with van der Waals surface area (Å²) in [5, 5.41) is 0. The Kier molecular flexibility index (Phi) is 2.80. The van der Waals surface area contributed by atoms with E-state index in [0.29, 0.717) is 12.4 Å². The van der Waals surface area contributed by atoms with Gasteiger partial charge in [0.15, 0.2) is 0 Å². The number of aromatic nitrogens is 2. The average Bonchev–Trinajstić information content (AvgIpc) is 2.14. The zero-order valence-electron chi connectivity index (χ0n) is 9.77. The van der Waals surface area contributed by atoms with Gasteiger partial charge in [-0.3, -0.25) is 0 Å². The second-order valence-electron chi connectivity index (χ2n) is 4.77. The minimum absolute atomic E-state index is 0.113. The van der Waals surface area contributed by atoms with Crippen molar-refractivity contribution in [3.63, 3.8) is 0 Å². The van der Waals surface area contributed by atoms with Gasteiger partial charge in [0, 0.05) is 19.2 Å². The van der Waals surface area contributed by atoms with Crippen molar-refractivity contribution in [1.82, 2.24) is 9.97 Å². The van der Waals surface area contributed by atoms with Crippen LogP contribution in [-0.2, 0) is 4.74 Å². The van der Waals surface area contributed by atoms with Crippen molar-refractivity contribution < 1.29 is 9.13 Å². The van der Waals surface area contributed by atoms with E-state index < -0.39 is 5.95 Å². The van der Waals surface area contributed by atoms with Crippen LogP contribution in [-0.4, -0.2) is 34.8 Å². The molecule has 88 valence electrons. The predicted molar refractivity (Wildman–Crippen MR) is 58.8 cm³/mol. The summed E-state index contributed by atoms with van der Waals surface area (Å²) >= 11 is 0. The van der Waals surface area contributed by atoms with E-state index in [1.807, 2.05) is 25.7 Å². The molecule has 2 rings (SSSR count). The molecule has 0 saturated carbocycles. The van der Waals surface area contributed by atoms with Crippen molar-refractivity contribution in [2.24, 2.45) is 0 Å². The lowest BCUT2D eigenvalue weighted by atomic mass is 10.1. The summed E-state index contributed by atoms with van der Waals surface area (Å²) in [5.41, 5.74) is -0.237. The molecule has 1 aliphatic heterocycles. The van der Waals surface area contributed by atoms with Crippen LogP contribution in [0.3, 0.4) is 0 Å². The molecule has 0 aromatic carbocycles. The van der Waals surface area contributed by atoms with Crippen molar-refractivity contribution in [2.45, 2.75) is 32.5 Å². The molecule has 0 spiro atoms. The van der Waals surface area contributed by atoms with Crippen molar-refractivity contribution >= 4 is 5.82 Å². The highest BCUT2D eigenvalue weighted by Gasteiger charge is 2.31. The Bertz CT molecular complexity index is 383. The van der Waals surface area contributed by atoms with E-state index in [4.69, 9.17) is 4.74 Å². The smallest absolute Gasteiger partial charge is 0.218 e. The molecule has 2 heterocycles. The van der Waals surface area contributed by atoms with Crippen molar-refractivity contribution in [1.29, 1.82) is 0 Å². The summed E-state index contributed by atoms with van der Waals surface area (Å²) in [6, 6.07) is 1.36. The first kappa shape index (κ1) is 11.3. The number of halogens is 1. The topological polar surface area (TPSA) is 38.2 Å². The Morgan fingerprint density at radius 3 is 2.88 bits per heavy atom. The predicted octanol–water partition coefficient (Wildman–Crippen LogP) is 1.62. The van der Waals surface area contributed by atoms with E-state index in [1.54, 1.807) is 0 Å². The number of ether oxygens (including phenoxy) is 1. The first-order chi connectivity index (χ1) is 7.46. The highest BCUT2D eigenvalue weighted by atomic mass is 19.1. The molecule has 1 saturated heterocycles. The molecule has 1 unspecified atom stereocenters. The van der Waals surface area contributed by atoms with Crippen LogP contribution in [0.25, 0.3) is 0 Å². The lowest BCUT2D eigenvalue weighted by Gasteiger charge is -2.42. The van der Waals surface area contributed by atoms with E-state index in [9.17, 15) is 4.39 Å². The molecule has 1 atom stereocenters. The molecule has 1 aliphatic rings. The van der Waals surface area contributed by atoms with E-state index in [-0.39, 0.29) is 11.7 Å². The molecule has 0 amide bonds. The number of rotatable bonds is 1. The lowest BCUT2D eigenvalue weighted by Crippen LogP contribution is -2.52. The molecule has 1 aromatic heterocycles. The van der Waals surface area contributed by atoms with Gasteiger partial charge in [0.05, 0.1) is 11.7 Å². The molecule has 5 heteroatoms. The summed E-state index contributed by atoms with van der Waals surface area (Å²) < 4.78 is 18.8. The molecular formula is C11H16FN3O. The minimum Gasteiger partial charge on any atom is -0.369 e. The zero-order valence-corrected chi connectivity index (χ0v) is 9.77. The number of anilines is 1. The van der Waals surface area contributed by atoms with E-state index in [1.165, 1.54) is 12.4 Å². The van der Waals surface area contributed by atoms with E-state index in [0.717, 1.165) is 6.54 Å². The molecule has 1 fully saturated rings. The maximum atomic E-state index is 13.0. The van der Waals surface area contributed by atoms with Gasteiger partial charge in [-0.2, -0.15) is 4.39 Å². The van der Waals surface area contributed by atoms with Gasteiger partial charge in [-0.05, 0) is 20.8 Å². The van der Waals surface area contributed by atoms with E-state index >= 15 is 0 Å². The normalized spacial score (nSPS) is 24.5. The fourth-order valence-electron chi connectivity index (χ4n) is 2.13. The second kappa shape index (κ2) is 3.97. The van der Waals surface area contributed by atoms with Gasteiger partial charge in [-0.1, -0.05) is 0 Å². The van der Waals surface area contributed by atoms with Gasteiger partial charge >= 0.3 is 0 Å². The third-order valence-corrected chi connectivity index (χ3v) is 2.51. The van der Waals surface area contributed by atoms with Crippen LogP contribution in [0.5, 0.6) is 0 Å². The Morgan fingerprint density at radius 1 is 1.50 bits per heavy atom. The maximum Gasteiger partial charge on any atom is 0.218 e. The van der Waals surface area contributed by atoms with Gasteiger partial charge in [0.25, 0.3) is 0 Å². The fourth-order valence-corrected chi connectivity index (χ4v) is 2.13. The van der Waals surface area contributed by atoms with E-state index in [2.05, 4.69) is 9.97 Å². The summed E-state index contributed by atoms with van der Waals surface area (Å²) in [5.74, 6) is 0.123. The standard InChI is InChI=1S/C11H16FN3O/c1-8-5-15(6-11(2,3)16-8)10-4-9(12)13-7-14-10/h4,7-8H,5-6H2,1-3H3. The van der Waals surface area contributed by atoms with Crippen molar-refractivity contribution in [3.05, 3.63) is 18.3 Å². The Balaban J connectivity index is 2.21. The molecule has 1 aromatic rings. The van der Waals surface area contributed by atoms with Crippen molar-refractivity contribution in [2.75, 3.05) is 18.0 Å². The molecule has 0 aliphatic carbocycles. The molecular weight excluding hydrogens is 209 g/mol. The number of nitrogens with zero attached hydrogens (tertiary/aromatic N) is 3. The first-order valence-electron chi connectivity index (χ1n) is 5.36. The van der Waals surface area contributed by atoms with Crippen LogP contribution in [0.15, 0.2) is 12.4 Å². The Labute approximate surface area is 94.5 Å². The minimum atomic E-state index is -0.498. The highest BCUT2D eigenvalue weighted by Crippen LogP contribution is 2.24. The third kappa shape index (κ3) is 2.47. The Hall–Kier alpha value is -1.23. The zero-order chi connectivity index (χ0) is 11.8.